The number of hydrogen-bond acceptors (Lipinski definition) is 3. The molecular formula is C10H20N2O2. The van der Waals surface area contributed by atoms with Crippen LogP contribution >= 0.6 is 0 Å². The molecule has 1 amide bonds. The SMILES string of the molecule is CC(C)NC(C)C(=O)N1CCOCC1. The fourth-order valence-corrected chi connectivity index (χ4v) is 1.63. The topological polar surface area (TPSA) is 41.6 Å². The molecule has 1 saturated heterocycles. The number of nitrogens with zero attached hydrogens (tertiary/aromatic N) is 1. The summed E-state index contributed by atoms with van der Waals surface area (Å²) >= 11 is 0. The molecule has 1 rings (SSSR count). The Balaban J connectivity index is 2.38. The van der Waals surface area contributed by atoms with Crippen LogP contribution in [0.15, 0.2) is 0 Å². The van der Waals surface area contributed by atoms with Crippen molar-refractivity contribution in [2.45, 2.75) is 32.9 Å². The van der Waals surface area contributed by atoms with Crippen molar-refractivity contribution >= 4 is 5.91 Å². The molecule has 0 radical (unpaired) electrons. The van der Waals surface area contributed by atoms with E-state index in [0.717, 1.165) is 13.1 Å². The van der Waals surface area contributed by atoms with Crippen molar-refractivity contribution in [3.05, 3.63) is 0 Å². The van der Waals surface area contributed by atoms with E-state index < -0.39 is 0 Å². The summed E-state index contributed by atoms with van der Waals surface area (Å²) in [5.41, 5.74) is 0. The van der Waals surface area contributed by atoms with Gasteiger partial charge in [-0.25, -0.2) is 0 Å². The summed E-state index contributed by atoms with van der Waals surface area (Å²) in [6.07, 6.45) is 0. The maximum Gasteiger partial charge on any atom is 0.239 e. The smallest absolute Gasteiger partial charge is 0.239 e. The van der Waals surface area contributed by atoms with Gasteiger partial charge in [-0.15, -0.1) is 0 Å². The standard InChI is InChI=1S/C10H20N2O2/c1-8(2)11-9(3)10(13)12-4-6-14-7-5-12/h8-9,11H,4-7H2,1-3H3. The van der Waals surface area contributed by atoms with Crippen molar-refractivity contribution in [3.63, 3.8) is 0 Å². The van der Waals surface area contributed by atoms with Gasteiger partial charge in [-0.3, -0.25) is 4.79 Å². The third kappa shape index (κ3) is 3.27. The molecule has 0 bridgehead atoms. The molecule has 14 heavy (non-hydrogen) atoms. The highest BCUT2D eigenvalue weighted by Crippen LogP contribution is 2.01. The van der Waals surface area contributed by atoms with E-state index in [1.807, 2.05) is 25.7 Å². The number of morpholine rings is 1. The number of carbonyl (C=O) groups is 1. The first-order chi connectivity index (χ1) is 6.61. The molecule has 82 valence electrons. The lowest BCUT2D eigenvalue weighted by molar-refractivity contribution is -0.137. The molecule has 0 spiro atoms. The van der Waals surface area contributed by atoms with Crippen LogP contribution in [0.4, 0.5) is 0 Å². The third-order valence-electron chi connectivity index (χ3n) is 2.28. The Bertz CT molecular complexity index is 189. The van der Waals surface area contributed by atoms with E-state index in [1.54, 1.807) is 0 Å². The average molecular weight is 200 g/mol. The summed E-state index contributed by atoms with van der Waals surface area (Å²) in [4.78, 5) is 13.7. The number of carbonyl (C=O) groups excluding carboxylic acids is 1. The lowest BCUT2D eigenvalue weighted by atomic mass is 10.2. The van der Waals surface area contributed by atoms with Crippen LogP contribution in [-0.4, -0.2) is 49.2 Å². The first kappa shape index (κ1) is 11.5. The zero-order valence-corrected chi connectivity index (χ0v) is 9.25. The van der Waals surface area contributed by atoms with Gasteiger partial charge in [-0.2, -0.15) is 0 Å². The van der Waals surface area contributed by atoms with Crippen molar-refractivity contribution in [1.29, 1.82) is 0 Å². The molecular weight excluding hydrogens is 180 g/mol. The third-order valence-corrected chi connectivity index (χ3v) is 2.28. The van der Waals surface area contributed by atoms with Crippen LogP contribution in [-0.2, 0) is 9.53 Å². The summed E-state index contributed by atoms with van der Waals surface area (Å²) in [6.45, 7) is 8.79. The first-order valence-corrected chi connectivity index (χ1v) is 5.24. The van der Waals surface area contributed by atoms with Crippen molar-refractivity contribution in [3.8, 4) is 0 Å². The van der Waals surface area contributed by atoms with Gasteiger partial charge in [-0.05, 0) is 6.92 Å². The predicted molar refractivity (Wildman–Crippen MR) is 55.1 cm³/mol. The van der Waals surface area contributed by atoms with Crippen LogP contribution in [0, 0.1) is 0 Å². The second-order valence-corrected chi connectivity index (χ2v) is 3.98. The Morgan fingerprint density at radius 2 is 1.86 bits per heavy atom. The minimum atomic E-state index is -0.0897. The first-order valence-electron chi connectivity index (χ1n) is 5.24. The molecule has 0 saturated carbocycles. The van der Waals surface area contributed by atoms with Crippen LogP contribution in [0.25, 0.3) is 0 Å². The number of ether oxygens (including phenoxy) is 1. The molecule has 1 aliphatic heterocycles. The lowest BCUT2D eigenvalue weighted by Gasteiger charge is -2.30. The van der Waals surface area contributed by atoms with Gasteiger partial charge in [0.25, 0.3) is 0 Å². The molecule has 1 N–H and O–H groups in total. The molecule has 0 aromatic rings. The molecule has 1 heterocycles. The Labute approximate surface area is 85.6 Å². The number of nitrogens with one attached hydrogen (secondary N) is 1. The average Bonchev–Trinajstić information content (AvgIpc) is 2.17. The highest BCUT2D eigenvalue weighted by molar-refractivity contribution is 5.81. The van der Waals surface area contributed by atoms with Gasteiger partial charge in [-0.1, -0.05) is 13.8 Å². The van der Waals surface area contributed by atoms with E-state index in [0.29, 0.717) is 19.3 Å². The molecule has 4 heteroatoms. The van der Waals surface area contributed by atoms with Gasteiger partial charge < -0.3 is 15.0 Å². The highest BCUT2D eigenvalue weighted by atomic mass is 16.5. The predicted octanol–water partition coefficient (Wildman–Crippen LogP) is 0.232. The van der Waals surface area contributed by atoms with Crippen molar-refractivity contribution in [2.75, 3.05) is 26.3 Å². The van der Waals surface area contributed by atoms with Gasteiger partial charge in [0.05, 0.1) is 19.3 Å². The molecule has 1 fully saturated rings. The van der Waals surface area contributed by atoms with Crippen LogP contribution in [0.1, 0.15) is 20.8 Å². The Kier molecular flexibility index (Phi) is 4.35. The summed E-state index contributed by atoms with van der Waals surface area (Å²) in [7, 11) is 0. The Morgan fingerprint density at radius 3 is 2.36 bits per heavy atom. The van der Waals surface area contributed by atoms with Gasteiger partial charge >= 0.3 is 0 Å². The lowest BCUT2D eigenvalue weighted by Crippen LogP contribution is -2.50. The summed E-state index contributed by atoms with van der Waals surface area (Å²) in [6, 6.07) is 0.253. The van der Waals surface area contributed by atoms with Gasteiger partial charge in [0.15, 0.2) is 0 Å². The Morgan fingerprint density at radius 1 is 1.29 bits per heavy atom. The Hall–Kier alpha value is -0.610. The second kappa shape index (κ2) is 5.32. The molecule has 4 nitrogen and oxygen atoms in total. The maximum absolute atomic E-state index is 11.8. The summed E-state index contributed by atoms with van der Waals surface area (Å²) in [5.74, 6) is 0.182. The molecule has 0 aromatic carbocycles. The van der Waals surface area contributed by atoms with Gasteiger partial charge in [0, 0.05) is 19.1 Å². The van der Waals surface area contributed by atoms with Crippen molar-refractivity contribution < 1.29 is 9.53 Å². The summed E-state index contributed by atoms with van der Waals surface area (Å²) < 4.78 is 5.20. The van der Waals surface area contributed by atoms with Crippen LogP contribution < -0.4 is 5.32 Å². The summed E-state index contributed by atoms with van der Waals surface area (Å²) in [5, 5.41) is 3.21. The van der Waals surface area contributed by atoms with Crippen LogP contribution in [0.2, 0.25) is 0 Å². The minimum Gasteiger partial charge on any atom is -0.378 e. The van der Waals surface area contributed by atoms with Gasteiger partial charge in [0.1, 0.15) is 0 Å². The largest absolute Gasteiger partial charge is 0.378 e. The van der Waals surface area contributed by atoms with E-state index in [2.05, 4.69) is 5.32 Å². The second-order valence-electron chi connectivity index (χ2n) is 3.98. The van der Waals surface area contributed by atoms with E-state index in [9.17, 15) is 4.79 Å². The maximum atomic E-state index is 11.8. The van der Waals surface area contributed by atoms with Crippen molar-refractivity contribution in [1.82, 2.24) is 10.2 Å². The van der Waals surface area contributed by atoms with Crippen molar-refractivity contribution in [2.24, 2.45) is 0 Å². The highest BCUT2D eigenvalue weighted by Gasteiger charge is 2.22. The minimum absolute atomic E-state index is 0.0897. The molecule has 1 aliphatic rings. The molecule has 0 aliphatic carbocycles. The quantitative estimate of drug-likeness (QED) is 0.709. The monoisotopic (exact) mass is 200 g/mol. The molecule has 1 unspecified atom stereocenters. The zero-order valence-electron chi connectivity index (χ0n) is 9.25. The van der Waals surface area contributed by atoms with E-state index >= 15 is 0 Å². The van der Waals surface area contributed by atoms with E-state index in [1.165, 1.54) is 0 Å². The molecule has 1 atom stereocenters. The van der Waals surface area contributed by atoms with Crippen LogP contribution in [0.3, 0.4) is 0 Å². The number of rotatable bonds is 3. The normalized spacial score (nSPS) is 19.9. The fraction of sp³-hybridized carbons (Fsp3) is 0.900. The molecule has 0 aromatic heterocycles. The number of hydrogen-bond donors (Lipinski definition) is 1. The van der Waals surface area contributed by atoms with Gasteiger partial charge in [0.2, 0.25) is 5.91 Å². The van der Waals surface area contributed by atoms with E-state index in [4.69, 9.17) is 4.74 Å². The van der Waals surface area contributed by atoms with Crippen LogP contribution in [0.5, 0.6) is 0 Å². The van der Waals surface area contributed by atoms with E-state index in [-0.39, 0.29) is 11.9 Å². The number of amides is 1. The fourth-order valence-electron chi connectivity index (χ4n) is 1.63. The zero-order chi connectivity index (χ0) is 10.6.